The smallest absolute Gasteiger partial charge is 0.306 e. The van der Waals surface area contributed by atoms with Gasteiger partial charge in [-0.15, -0.1) is 0 Å². The quantitative estimate of drug-likeness (QED) is 0.0399. The molecule has 0 aliphatic carbocycles. The molecule has 1 aromatic heterocycles. The number of hydrogen-bond acceptors (Lipinski definition) is 6. The maximum absolute atomic E-state index is 15.5. The van der Waals surface area contributed by atoms with E-state index in [0.717, 1.165) is 11.6 Å². The molecule has 3 aromatic carbocycles. The van der Waals surface area contributed by atoms with E-state index in [4.69, 9.17) is 27.8 Å². The van der Waals surface area contributed by atoms with Crippen LogP contribution in [-0.4, -0.2) is 46.0 Å². The summed E-state index contributed by atoms with van der Waals surface area (Å²) in [4.78, 5) is 33.1. The number of nitrogens with two attached hydrogens (primary N) is 2. The third kappa shape index (κ3) is 8.50. The van der Waals surface area contributed by atoms with E-state index >= 15 is 4.39 Å². The number of halogens is 4. The number of hydrogen-bond donors (Lipinski definition) is 3. The van der Waals surface area contributed by atoms with Crippen LogP contribution in [0, 0.1) is 23.4 Å². The van der Waals surface area contributed by atoms with Crippen LogP contribution < -0.4 is 16.2 Å². The number of carboxylic acid groups (broad SMARTS) is 1. The Morgan fingerprint density at radius 3 is 2.42 bits per heavy atom. The van der Waals surface area contributed by atoms with Crippen molar-refractivity contribution in [1.82, 2.24) is 9.55 Å². The summed E-state index contributed by atoms with van der Waals surface area (Å²) in [5, 5.41) is 10.0. The van der Waals surface area contributed by atoms with Crippen molar-refractivity contribution in [2.24, 2.45) is 22.4 Å². The van der Waals surface area contributed by atoms with Gasteiger partial charge in [0.25, 0.3) is 0 Å². The number of ketones is 1. The van der Waals surface area contributed by atoms with Gasteiger partial charge >= 0.3 is 5.97 Å². The van der Waals surface area contributed by atoms with E-state index in [-0.39, 0.29) is 53.0 Å². The van der Waals surface area contributed by atoms with Gasteiger partial charge in [0.2, 0.25) is 0 Å². The first-order chi connectivity index (χ1) is 22.7. The zero-order valence-electron chi connectivity index (χ0n) is 26.5. The number of guanidine groups is 1. The van der Waals surface area contributed by atoms with Crippen molar-refractivity contribution in [2.45, 2.75) is 49.4 Å². The molecule has 0 spiro atoms. The Bertz CT molecular complexity index is 1800. The van der Waals surface area contributed by atoms with Crippen LogP contribution in [0.2, 0.25) is 5.02 Å². The van der Waals surface area contributed by atoms with Crippen LogP contribution in [0.5, 0.6) is 5.75 Å². The molecule has 14 heteroatoms. The summed E-state index contributed by atoms with van der Waals surface area (Å²) in [5.74, 6) is -4.43. The van der Waals surface area contributed by atoms with Crippen molar-refractivity contribution in [3.8, 4) is 11.4 Å². The highest BCUT2D eigenvalue weighted by Crippen LogP contribution is 2.39. The van der Waals surface area contributed by atoms with E-state index in [2.05, 4.69) is 9.98 Å². The predicted molar refractivity (Wildman–Crippen MR) is 180 cm³/mol. The standard InChI is InChI=1S/C34H35ClF3N5O4S/c1-34(2,21-6-11-26(37)29(16-21)47-3)30-17-42-33(43(30)23-9-7-22(36)8-10-23)48-18-24-25(35)13-20(14-27(24)38)28(44)15-19(31(45)46)5-4-12-41-32(39)40/h6-11,13-14,16-17,19H,4-5,12,15,18H2,1-3H3,(H,45,46)(H4,39,40,41). The Morgan fingerprint density at radius 1 is 1.08 bits per heavy atom. The normalized spacial score (nSPS) is 12.1. The largest absolute Gasteiger partial charge is 0.494 e. The lowest BCUT2D eigenvalue weighted by Gasteiger charge is -2.28. The molecule has 0 fully saturated rings. The summed E-state index contributed by atoms with van der Waals surface area (Å²) < 4.78 is 50.6. The topological polar surface area (TPSA) is 146 Å². The number of carbonyl (C=O) groups excluding carboxylic acids is 1. The lowest BCUT2D eigenvalue weighted by molar-refractivity contribution is -0.141. The van der Waals surface area contributed by atoms with Crippen molar-refractivity contribution in [2.75, 3.05) is 13.7 Å². The summed E-state index contributed by atoms with van der Waals surface area (Å²) in [6, 6.07) is 12.7. The van der Waals surface area contributed by atoms with Crippen molar-refractivity contribution in [3.63, 3.8) is 0 Å². The first kappa shape index (κ1) is 36.3. The second-order valence-electron chi connectivity index (χ2n) is 11.5. The Hall–Kier alpha value is -4.49. The number of benzene rings is 3. The lowest BCUT2D eigenvalue weighted by Crippen LogP contribution is -2.23. The predicted octanol–water partition coefficient (Wildman–Crippen LogP) is 6.90. The second-order valence-corrected chi connectivity index (χ2v) is 12.9. The molecule has 1 unspecified atom stereocenters. The van der Waals surface area contributed by atoms with Crippen LogP contribution in [-0.2, 0) is 16.0 Å². The fraction of sp³-hybridized carbons (Fsp3) is 0.294. The van der Waals surface area contributed by atoms with Crippen molar-refractivity contribution in [3.05, 3.63) is 106 Å². The third-order valence-corrected chi connectivity index (χ3v) is 9.24. The van der Waals surface area contributed by atoms with Gasteiger partial charge in [-0.2, -0.15) is 0 Å². The molecule has 254 valence electrons. The first-order valence-electron chi connectivity index (χ1n) is 14.8. The highest BCUT2D eigenvalue weighted by molar-refractivity contribution is 7.98. The molecule has 9 nitrogen and oxygen atoms in total. The van der Waals surface area contributed by atoms with Gasteiger partial charge in [0, 0.05) is 46.0 Å². The molecule has 0 aliphatic heterocycles. The van der Waals surface area contributed by atoms with Crippen LogP contribution in [0.15, 0.2) is 70.9 Å². The monoisotopic (exact) mass is 701 g/mol. The molecule has 0 saturated heterocycles. The van der Waals surface area contributed by atoms with Crippen LogP contribution in [0.1, 0.15) is 60.3 Å². The minimum Gasteiger partial charge on any atom is -0.494 e. The summed E-state index contributed by atoms with van der Waals surface area (Å²) in [6.45, 7) is 4.07. The average molecular weight is 702 g/mol. The number of imidazole rings is 1. The Kier molecular flexibility index (Phi) is 11.8. The zero-order valence-corrected chi connectivity index (χ0v) is 28.0. The van der Waals surface area contributed by atoms with E-state index in [1.807, 2.05) is 18.4 Å². The number of nitrogens with zero attached hydrogens (tertiary/aromatic N) is 3. The van der Waals surface area contributed by atoms with E-state index in [0.29, 0.717) is 23.0 Å². The number of thioether (sulfide) groups is 1. The number of rotatable bonds is 15. The summed E-state index contributed by atoms with van der Waals surface area (Å²) in [7, 11) is 1.38. The van der Waals surface area contributed by atoms with E-state index in [1.54, 1.807) is 30.5 Å². The average Bonchev–Trinajstić information content (AvgIpc) is 3.47. The number of Topliss-reactive ketones (excluding diaryl/α,β-unsaturated/α-hetero) is 1. The van der Waals surface area contributed by atoms with Crippen LogP contribution in [0.25, 0.3) is 5.69 Å². The molecule has 0 radical (unpaired) electrons. The van der Waals surface area contributed by atoms with Gasteiger partial charge in [-0.25, -0.2) is 18.2 Å². The molecule has 0 amide bonds. The maximum atomic E-state index is 15.5. The number of aliphatic imine (C=N–C) groups is 1. The summed E-state index contributed by atoms with van der Waals surface area (Å²) in [5.41, 5.74) is 11.9. The maximum Gasteiger partial charge on any atom is 0.306 e. The van der Waals surface area contributed by atoms with E-state index in [1.165, 1.54) is 43.1 Å². The highest BCUT2D eigenvalue weighted by atomic mass is 35.5. The van der Waals surface area contributed by atoms with Crippen molar-refractivity contribution >= 4 is 41.1 Å². The van der Waals surface area contributed by atoms with Gasteiger partial charge < -0.3 is 21.3 Å². The van der Waals surface area contributed by atoms with Gasteiger partial charge in [0.05, 0.1) is 24.9 Å². The Balaban J connectivity index is 1.60. The van der Waals surface area contributed by atoms with Gasteiger partial charge in [-0.1, -0.05) is 43.3 Å². The lowest BCUT2D eigenvalue weighted by atomic mass is 9.81. The molecular formula is C34H35ClF3N5O4S. The summed E-state index contributed by atoms with van der Waals surface area (Å²) >= 11 is 7.65. The number of aliphatic carboxylic acids is 1. The third-order valence-electron chi connectivity index (χ3n) is 7.92. The van der Waals surface area contributed by atoms with E-state index < -0.39 is 40.5 Å². The number of ether oxygens (including phenoxy) is 1. The molecule has 0 bridgehead atoms. The summed E-state index contributed by atoms with van der Waals surface area (Å²) in [6.07, 6.45) is 1.79. The molecule has 0 saturated carbocycles. The number of carboxylic acids is 1. The van der Waals surface area contributed by atoms with Crippen LogP contribution in [0.4, 0.5) is 13.2 Å². The molecular weight excluding hydrogens is 667 g/mol. The van der Waals surface area contributed by atoms with Gasteiger partial charge in [-0.3, -0.25) is 19.1 Å². The Labute approximate surface area is 285 Å². The molecule has 1 atom stereocenters. The Morgan fingerprint density at radius 2 is 1.79 bits per heavy atom. The minimum absolute atomic E-state index is 0.00988. The van der Waals surface area contributed by atoms with E-state index in [9.17, 15) is 23.5 Å². The highest BCUT2D eigenvalue weighted by Gasteiger charge is 2.31. The zero-order chi connectivity index (χ0) is 35.2. The van der Waals surface area contributed by atoms with Crippen LogP contribution >= 0.6 is 23.4 Å². The van der Waals surface area contributed by atoms with Gasteiger partial charge in [0.15, 0.2) is 28.5 Å². The minimum atomic E-state index is -1.16. The second kappa shape index (κ2) is 15.6. The molecule has 4 rings (SSSR count). The molecule has 5 N–H and O–H groups in total. The van der Waals surface area contributed by atoms with Gasteiger partial charge in [-0.05, 0) is 66.9 Å². The van der Waals surface area contributed by atoms with Crippen molar-refractivity contribution in [1.29, 1.82) is 0 Å². The number of methoxy groups -OCH3 is 1. The fourth-order valence-corrected chi connectivity index (χ4v) is 6.53. The molecule has 1 heterocycles. The van der Waals surface area contributed by atoms with Crippen molar-refractivity contribution < 1.29 is 32.6 Å². The number of carbonyl (C=O) groups is 2. The van der Waals surface area contributed by atoms with Crippen LogP contribution in [0.3, 0.4) is 0 Å². The number of aromatic nitrogens is 2. The van der Waals surface area contributed by atoms with Gasteiger partial charge in [0.1, 0.15) is 11.6 Å². The molecule has 0 aliphatic rings. The molecule has 48 heavy (non-hydrogen) atoms. The first-order valence-corrected chi connectivity index (χ1v) is 16.2. The SMILES string of the molecule is COc1cc(C(C)(C)c2cnc(SCc3c(F)cc(C(=O)CC(CCCN=C(N)N)C(=O)O)cc3Cl)n2-c2ccc(F)cc2)ccc1F. The fourth-order valence-electron chi connectivity index (χ4n) is 5.15. The molecule has 4 aromatic rings.